The second-order valence-corrected chi connectivity index (χ2v) is 5.48. The molecule has 0 atom stereocenters. The van der Waals surface area contributed by atoms with Crippen molar-refractivity contribution in [2.45, 2.75) is 11.4 Å². The van der Waals surface area contributed by atoms with E-state index in [0.717, 1.165) is 6.07 Å². The van der Waals surface area contributed by atoms with E-state index >= 15 is 0 Å². The van der Waals surface area contributed by atoms with Crippen molar-refractivity contribution < 1.29 is 12.8 Å². The van der Waals surface area contributed by atoms with Gasteiger partial charge in [0.25, 0.3) is 0 Å². The molecule has 0 bridgehead atoms. The molecule has 0 unspecified atom stereocenters. The fourth-order valence-electron chi connectivity index (χ4n) is 1.55. The number of aromatic nitrogens is 2. The zero-order chi connectivity index (χ0) is 13.9. The summed E-state index contributed by atoms with van der Waals surface area (Å²) < 4.78 is 37.6. The topological polar surface area (TPSA) is 90.0 Å². The fraction of sp³-hybridized carbons (Fsp3) is 0.182. The van der Waals surface area contributed by atoms with Crippen molar-refractivity contribution in [2.24, 2.45) is 5.14 Å². The van der Waals surface area contributed by atoms with Gasteiger partial charge in [-0.05, 0) is 18.2 Å². The molecule has 1 aromatic carbocycles. The molecule has 0 aliphatic rings. The third-order valence-electron chi connectivity index (χ3n) is 2.51. The highest BCUT2D eigenvalue weighted by atomic mass is 32.2. The van der Waals surface area contributed by atoms with E-state index in [2.05, 4.69) is 10.3 Å². The van der Waals surface area contributed by atoms with Crippen molar-refractivity contribution >= 4 is 15.7 Å². The van der Waals surface area contributed by atoms with Crippen molar-refractivity contribution in [1.29, 1.82) is 0 Å². The molecule has 0 aliphatic heterocycles. The molecular formula is C11H13FN4O2S. The lowest BCUT2D eigenvalue weighted by Gasteiger charge is -2.09. The molecule has 0 saturated carbocycles. The van der Waals surface area contributed by atoms with E-state index in [4.69, 9.17) is 5.14 Å². The second-order valence-electron chi connectivity index (χ2n) is 3.91. The molecule has 0 spiro atoms. The first kappa shape index (κ1) is 13.5. The van der Waals surface area contributed by atoms with Gasteiger partial charge in [-0.2, -0.15) is 0 Å². The van der Waals surface area contributed by atoms with Crippen LogP contribution >= 0.6 is 0 Å². The van der Waals surface area contributed by atoms with Crippen molar-refractivity contribution in [3.05, 3.63) is 42.7 Å². The average molecular weight is 284 g/mol. The summed E-state index contributed by atoms with van der Waals surface area (Å²) in [4.78, 5) is 3.64. The molecule has 8 heteroatoms. The van der Waals surface area contributed by atoms with Gasteiger partial charge in [-0.25, -0.2) is 22.9 Å². The van der Waals surface area contributed by atoms with Crippen molar-refractivity contribution in [1.82, 2.24) is 9.55 Å². The van der Waals surface area contributed by atoms with E-state index in [0.29, 0.717) is 13.1 Å². The Labute approximate surface area is 110 Å². The maximum atomic E-state index is 13.6. The predicted molar refractivity (Wildman–Crippen MR) is 68.5 cm³/mol. The molecule has 6 nitrogen and oxygen atoms in total. The Morgan fingerprint density at radius 1 is 1.42 bits per heavy atom. The lowest BCUT2D eigenvalue weighted by molar-refractivity contribution is 0.592. The van der Waals surface area contributed by atoms with Crippen LogP contribution in [0.1, 0.15) is 0 Å². The van der Waals surface area contributed by atoms with E-state index < -0.39 is 15.8 Å². The SMILES string of the molecule is NS(=O)(=O)c1ccc(NCCn2ccnc2)c(F)c1. The van der Waals surface area contributed by atoms with Crippen LogP contribution in [0.15, 0.2) is 41.8 Å². The Morgan fingerprint density at radius 3 is 2.79 bits per heavy atom. The number of nitrogens with one attached hydrogen (secondary N) is 1. The molecule has 1 heterocycles. The number of nitrogens with zero attached hydrogens (tertiary/aromatic N) is 2. The lowest BCUT2D eigenvalue weighted by atomic mass is 10.3. The van der Waals surface area contributed by atoms with Gasteiger partial charge in [0, 0.05) is 25.5 Å². The van der Waals surface area contributed by atoms with E-state index in [9.17, 15) is 12.8 Å². The lowest BCUT2D eigenvalue weighted by Crippen LogP contribution is -2.14. The number of halogens is 1. The van der Waals surface area contributed by atoms with Crippen LogP contribution in [-0.2, 0) is 16.6 Å². The molecule has 1 aromatic heterocycles. The van der Waals surface area contributed by atoms with Gasteiger partial charge in [-0.1, -0.05) is 0 Å². The summed E-state index contributed by atoms with van der Waals surface area (Å²) in [5.74, 6) is -0.655. The zero-order valence-electron chi connectivity index (χ0n) is 9.95. The van der Waals surface area contributed by atoms with E-state index in [1.54, 1.807) is 18.7 Å². The molecule has 102 valence electrons. The number of benzene rings is 1. The van der Waals surface area contributed by atoms with Crippen LogP contribution < -0.4 is 10.5 Å². The molecule has 0 radical (unpaired) electrons. The third kappa shape index (κ3) is 3.52. The van der Waals surface area contributed by atoms with Crippen molar-refractivity contribution in [3.8, 4) is 0 Å². The number of imidazole rings is 1. The largest absolute Gasteiger partial charge is 0.381 e. The van der Waals surface area contributed by atoms with Gasteiger partial charge in [0.05, 0.1) is 16.9 Å². The van der Waals surface area contributed by atoms with Gasteiger partial charge in [0.2, 0.25) is 10.0 Å². The second kappa shape index (κ2) is 5.37. The van der Waals surface area contributed by atoms with Crippen LogP contribution in [0.3, 0.4) is 0 Å². The maximum Gasteiger partial charge on any atom is 0.238 e. The standard InChI is InChI=1S/C11H13FN4O2S/c12-10-7-9(19(13,17)18)1-2-11(10)15-4-6-16-5-3-14-8-16/h1-3,5,7-8,15H,4,6H2,(H2,13,17,18). The normalized spacial score (nSPS) is 11.5. The van der Waals surface area contributed by atoms with E-state index in [1.165, 1.54) is 12.1 Å². The van der Waals surface area contributed by atoms with E-state index in [1.807, 2.05) is 4.57 Å². The van der Waals surface area contributed by atoms with Crippen LogP contribution in [-0.4, -0.2) is 24.5 Å². The average Bonchev–Trinajstić information content (AvgIpc) is 2.83. The first-order chi connectivity index (χ1) is 8.97. The molecule has 0 saturated heterocycles. The Hall–Kier alpha value is -1.93. The van der Waals surface area contributed by atoms with Gasteiger partial charge in [0.15, 0.2) is 0 Å². The Bertz CT molecular complexity index is 655. The number of primary sulfonamides is 1. The van der Waals surface area contributed by atoms with Gasteiger partial charge in [-0.3, -0.25) is 0 Å². The minimum Gasteiger partial charge on any atom is -0.381 e. The van der Waals surface area contributed by atoms with Crippen LogP contribution in [0.4, 0.5) is 10.1 Å². The number of sulfonamides is 1. The number of hydrogen-bond acceptors (Lipinski definition) is 4. The van der Waals surface area contributed by atoms with Crippen LogP contribution in [0.2, 0.25) is 0 Å². The van der Waals surface area contributed by atoms with Crippen molar-refractivity contribution in [2.75, 3.05) is 11.9 Å². The predicted octanol–water partition coefficient (Wildman–Crippen LogP) is 0.782. The highest BCUT2D eigenvalue weighted by Gasteiger charge is 2.11. The van der Waals surface area contributed by atoms with Gasteiger partial charge in [-0.15, -0.1) is 0 Å². The smallest absolute Gasteiger partial charge is 0.238 e. The van der Waals surface area contributed by atoms with Gasteiger partial charge >= 0.3 is 0 Å². The molecule has 0 fully saturated rings. The summed E-state index contributed by atoms with van der Waals surface area (Å²) in [6.45, 7) is 1.11. The number of anilines is 1. The molecule has 0 aliphatic carbocycles. The summed E-state index contributed by atoms with van der Waals surface area (Å²) in [6.07, 6.45) is 5.10. The minimum atomic E-state index is -3.88. The molecular weight excluding hydrogens is 271 g/mol. The molecule has 19 heavy (non-hydrogen) atoms. The quantitative estimate of drug-likeness (QED) is 0.849. The number of nitrogens with two attached hydrogens (primary N) is 1. The molecule has 2 rings (SSSR count). The summed E-state index contributed by atoms with van der Waals surface area (Å²) >= 11 is 0. The van der Waals surface area contributed by atoms with Gasteiger partial charge in [0.1, 0.15) is 5.82 Å². The number of hydrogen-bond donors (Lipinski definition) is 2. The minimum absolute atomic E-state index is 0.229. The van der Waals surface area contributed by atoms with Crippen molar-refractivity contribution in [3.63, 3.8) is 0 Å². The summed E-state index contributed by atoms with van der Waals surface area (Å²) in [5, 5.41) is 7.79. The third-order valence-corrected chi connectivity index (χ3v) is 3.42. The molecule has 0 amide bonds. The summed E-state index contributed by atoms with van der Waals surface area (Å²) in [7, 11) is -3.88. The summed E-state index contributed by atoms with van der Waals surface area (Å²) in [5.41, 5.74) is 0.229. The first-order valence-corrected chi connectivity index (χ1v) is 7.03. The monoisotopic (exact) mass is 284 g/mol. The maximum absolute atomic E-state index is 13.6. The van der Waals surface area contributed by atoms with Crippen LogP contribution in [0, 0.1) is 5.82 Å². The summed E-state index contributed by atoms with van der Waals surface area (Å²) in [6, 6.07) is 3.51. The van der Waals surface area contributed by atoms with Crippen LogP contribution in [0.25, 0.3) is 0 Å². The fourth-order valence-corrected chi connectivity index (χ4v) is 2.08. The number of rotatable bonds is 5. The molecule has 3 N–H and O–H groups in total. The zero-order valence-corrected chi connectivity index (χ0v) is 10.8. The van der Waals surface area contributed by atoms with Gasteiger partial charge < -0.3 is 9.88 Å². The Morgan fingerprint density at radius 2 is 2.21 bits per heavy atom. The van der Waals surface area contributed by atoms with E-state index in [-0.39, 0.29) is 10.6 Å². The highest BCUT2D eigenvalue weighted by molar-refractivity contribution is 7.89. The Balaban J connectivity index is 2.01. The first-order valence-electron chi connectivity index (χ1n) is 5.49. The van der Waals surface area contributed by atoms with Crippen LogP contribution in [0.5, 0.6) is 0 Å². The highest BCUT2D eigenvalue weighted by Crippen LogP contribution is 2.17. The Kier molecular flexibility index (Phi) is 3.82. The molecule has 2 aromatic rings.